The molecule has 1 aliphatic carbocycles. The molecule has 0 amide bonds. The monoisotopic (exact) mass is 206 g/mol. The zero-order valence-corrected chi connectivity index (χ0v) is 9.11. The number of hydrogen-bond donors (Lipinski definition) is 2. The van der Waals surface area contributed by atoms with Crippen molar-refractivity contribution in [2.24, 2.45) is 0 Å². The van der Waals surface area contributed by atoms with Gasteiger partial charge in [0, 0.05) is 0 Å². The molecular weight excluding hydrogens is 188 g/mol. The van der Waals surface area contributed by atoms with Crippen LogP contribution in [-0.4, -0.2) is 23.4 Å². The molecule has 0 saturated carbocycles. The largest absolute Gasteiger partial charge is 0.392 e. The minimum Gasteiger partial charge on any atom is -0.392 e. The molecule has 2 nitrogen and oxygen atoms in total. The molecule has 0 unspecified atom stereocenters. The van der Waals surface area contributed by atoms with Gasteiger partial charge in [-0.2, -0.15) is 0 Å². The van der Waals surface area contributed by atoms with E-state index < -0.39 is 0 Å². The third-order valence-corrected chi connectivity index (χ3v) is 2.34. The van der Waals surface area contributed by atoms with Crippen molar-refractivity contribution in [3.8, 4) is 0 Å². The van der Waals surface area contributed by atoms with Crippen LogP contribution in [-0.2, 0) is 0 Å². The Labute approximate surface area is 90.9 Å². The molecule has 0 spiro atoms. The molecule has 0 fully saturated rings. The molecule has 82 valence electrons. The van der Waals surface area contributed by atoms with Crippen LogP contribution in [0.25, 0.3) is 0 Å². The number of aliphatic hydroxyl groups excluding tert-OH is 2. The summed E-state index contributed by atoms with van der Waals surface area (Å²) >= 11 is 0. The lowest BCUT2D eigenvalue weighted by Gasteiger charge is -2.03. The summed E-state index contributed by atoms with van der Waals surface area (Å²) in [5.74, 6) is 0. The van der Waals surface area contributed by atoms with Crippen LogP contribution in [0, 0.1) is 0 Å². The van der Waals surface area contributed by atoms with Gasteiger partial charge in [-0.25, -0.2) is 0 Å². The van der Waals surface area contributed by atoms with E-state index in [1.54, 1.807) is 0 Å². The fraction of sp³-hybridized carbons (Fsp3) is 0.385. The molecule has 1 rings (SSSR count). The average Bonchev–Trinajstić information content (AvgIpc) is 2.26. The van der Waals surface area contributed by atoms with Gasteiger partial charge in [-0.05, 0) is 30.9 Å². The van der Waals surface area contributed by atoms with E-state index in [1.807, 2.05) is 37.3 Å². The molecule has 15 heavy (non-hydrogen) atoms. The zero-order chi connectivity index (χ0) is 11.1. The predicted octanol–water partition coefficient (Wildman–Crippen LogP) is 2.12. The maximum atomic E-state index is 9.08. The SMILES string of the molecule is CC1=C\C=C(\CO)CC/C=C/C(CO)=C\1. The van der Waals surface area contributed by atoms with Crippen LogP contribution in [0.3, 0.4) is 0 Å². The van der Waals surface area contributed by atoms with Gasteiger partial charge >= 0.3 is 0 Å². The Balaban J connectivity index is 2.92. The Kier molecular flexibility index (Phi) is 5.08. The molecule has 0 aromatic rings. The number of aliphatic hydroxyl groups is 2. The van der Waals surface area contributed by atoms with E-state index in [-0.39, 0.29) is 13.2 Å². The van der Waals surface area contributed by atoms with Gasteiger partial charge < -0.3 is 10.2 Å². The molecule has 0 aromatic carbocycles. The van der Waals surface area contributed by atoms with Gasteiger partial charge in [0.05, 0.1) is 13.2 Å². The van der Waals surface area contributed by atoms with Crippen molar-refractivity contribution in [1.82, 2.24) is 0 Å². The first-order valence-electron chi connectivity index (χ1n) is 5.21. The summed E-state index contributed by atoms with van der Waals surface area (Å²) in [6.45, 7) is 2.17. The highest BCUT2D eigenvalue weighted by atomic mass is 16.3. The van der Waals surface area contributed by atoms with Gasteiger partial charge in [0.15, 0.2) is 0 Å². The second-order valence-corrected chi connectivity index (χ2v) is 3.71. The summed E-state index contributed by atoms with van der Waals surface area (Å²) in [5, 5.41) is 18.2. The van der Waals surface area contributed by atoms with E-state index in [1.165, 1.54) is 0 Å². The van der Waals surface area contributed by atoms with Gasteiger partial charge in [0.25, 0.3) is 0 Å². The van der Waals surface area contributed by atoms with Crippen molar-refractivity contribution < 1.29 is 10.2 Å². The first-order valence-corrected chi connectivity index (χ1v) is 5.21. The van der Waals surface area contributed by atoms with E-state index >= 15 is 0 Å². The van der Waals surface area contributed by atoms with Crippen molar-refractivity contribution >= 4 is 0 Å². The highest BCUT2D eigenvalue weighted by molar-refractivity contribution is 5.33. The standard InChI is InChI=1S/C13H18O2/c1-11-6-7-12(9-14)4-2-3-5-13(8-11)10-15/h3,5-8,14-15H,2,4,9-10H2,1H3/b5-3+,11-6+,12-7+,13-8+. The quantitative estimate of drug-likeness (QED) is 0.726. The number of hydrogen-bond acceptors (Lipinski definition) is 2. The van der Waals surface area contributed by atoms with Crippen LogP contribution in [0.15, 0.2) is 47.1 Å². The average molecular weight is 206 g/mol. The third kappa shape index (κ3) is 4.28. The third-order valence-electron chi connectivity index (χ3n) is 2.34. The summed E-state index contributed by atoms with van der Waals surface area (Å²) in [7, 11) is 0. The van der Waals surface area contributed by atoms with Crippen molar-refractivity contribution in [2.75, 3.05) is 13.2 Å². The normalized spacial score (nSPS) is 30.5. The summed E-state index contributed by atoms with van der Waals surface area (Å²) in [5.41, 5.74) is 3.04. The highest BCUT2D eigenvalue weighted by Crippen LogP contribution is 2.11. The van der Waals surface area contributed by atoms with Crippen LogP contribution >= 0.6 is 0 Å². The van der Waals surface area contributed by atoms with Gasteiger partial charge in [-0.15, -0.1) is 0 Å². The summed E-state index contributed by atoms with van der Waals surface area (Å²) in [6.07, 6.45) is 11.6. The van der Waals surface area contributed by atoms with E-state index in [9.17, 15) is 0 Å². The molecule has 2 heteroatoms. The van der Waals surface area contributed by atoms with Gasteiger partial charge in [-0.3, -0.25) is 0 Å². The molecule has 2 N–H and O–H groups in total. The van der Waals surface area contributed by atoms with Crippen LogP contribution in [0.4, 0.5) is 0 Å². The first-order chi connectivity index (χ1) is 7.26. The maximum absolute atomic E-state index is 9.08. The Bertz CT molecular complexity index is 319. The second kappa shape index (κ2) is 6.38. The summed E-state index contributed by atoms with van der Waals surface area (Å²) in [4.78, 5) is 0. The molecular formula is C13H18O2. The van der Waals surface area contributed by atoms with E-state index in [0.29, 0.717) is 0 Å². The fourth-order valence-corrected chi connectivity index (χ4v) is 1.45. The molecule has 0 aliphatic heterocycles. The Hall–Kier alpha value is -1.12. The topological polar surface area (TPSA) is 40.5 Å². The van der Waals surface area contributed by atoms with Crippen LogP contribution < -0.4 is 0 Å². The molecule has 0 bridgehead atoms. The lowest BCUT2D eigenvalue weighted by atomic mass is 10.1. The molecule has 0 heterocycles. The lowest BCUT2D eigenvalue weighted by molar-refractivity contribution is 0.326. The number of rotatable bonds is 2. The van der Waals surface area contributed by atoms with Crippen LogP contribution in [0.2, 0.25) is 0 Å². The smallest absolute Gasteiger partial charge is 0.0681 e. The summed E-state index contributed by atoms with van der Waals surface area (Å²) in [6, 6.07) is 0. The van der Waals surface area contributed by atoms with Crippen molar-refractivity contribution in [2.45, 2.75) is 19.8 Å². The maximum Gasteiger partial charge on any atom is 0.0681 e. The number of allylic oxidation sites excluding steroid dienone is 5. The van der Waals surface area contributed by atoms with Crippen molar-refractivity contribution in [3.05, 3.63) is 47.1 Å². The van der Waals surface area contributed by atoms with Crippen molar-refractivity contribution in [3.63, 3.8) is 0 Å². The summed E-state index contributed by atoms with van der Waals surface area (Å²) < 4.78 is 0. The Morgan fingerprint density at radius 3 is 2.67 bits per heavy atom. The molecule has 0 saturated heterocycles. The fourth-order valence-electron chi connectivity index (χ4n) is 1.45. The Morgan fingerprint density at radius 1 is 1.20 bits per heavy atom. The van der Waals surface area contributed by atoms with Gasteiger partial charge in [0.1, 0.15) is 0 Å². The molecule has 0 atom stereocenters. The lowest BCUT2D eigenvalue weighted by Crippen LogP contribution is -1.92. The van der Waals surface area contributed by atoms with Crippen LogP contribution in [0.1, 0.15) is 19.8 Å². The van der Waals surface area contributed by atoms with E-state index in [2.05, 4.69) is 0 Å². The van der Waals surface area contributed by atoms with E-state index in [4.69, 9.17) is 10.2 Å². The van der Waals surface area contributed by atoms with E-state index in [0.717, 1.165) is 29.6 Å². The zero-order valence-electron chi connectivity index (χ0n) is 9.11. The molecule has 1 aliphatic rings. The molecule has 0 aromatic heterocycles. The Morgan fingerprint density at radius 2 is 2.00 bits per heavy atom. The van der Waals surface area contributed by atoms with Crippen molar-refractivity contribution in [1.29, 1.82) is 0 Å². The first kappa shape index (κ1) is 12.0. The van der Waals surface area contributed by atoms with Crippen LogP contribution in [0.5, 0.6) is 0 Å². The predicted molar refractivity (Wildman–Crippen MR) is 62.5 cm³/mol. The minimum absolute atomic E-state index is 0.0677. The van der Waals surface area contributed by atoms with Gasteiger partial charge in [0.2, 0.25) is 0 Å². The highest BCUT2D eigenvalue weighted by Gasteiger charge is 1.96. The minimum atomic E-state index is 0.0677. The van der Waals surface area contributed by atoms with Gasteiger partial charge in [-0.1, -0.05) is 36.0 Å². The second-order valence-electron chi connectivity index (χ2n) is 3.71. The molecule has 0 radical (unpaired) electrons.